The van der Waals surface area contributed by atoms with Gasteiger partial charge < -0.3 is 4.90 Å². The minimum absolute atomic E-state index is 0.318. The van der Waals surface area contributed by atoms with Gasteiger partial charge in [-0.1, -0.05) is 12.1 Å². The average Bonchev–Trinajstić information content (AvgIpc) is 2.38. The Bertz CT molecular complexity index is 468. The Morgan fingerprint density at radius 3 is 2.33 bits per heavy atom. The SMILES string of the molecule is CSc1ccc(CCN2CCS(=O)(=O)CC2)cc1. The van der Waals surface area contributed by atoms with E-state index in [2.05, 4.69) is 35.4 Å². The van der Waals surface area contributed by atoms with Gasteiger partial charge in [-0.15, -0.1) is 11.8 Å². The highest BCUT2D eigenvalue weighted by Gasteiger charge is 2.20. The van der Waals surface area contributed by atoms with Crippen molar-refractivity contribution in [1.82, 2.24) is 4.90 Å². The fourth-order valence-electron chi connectivity index (χ4n) is 2.05. The molecule has 2 rings (SSSR count). The van der Waals surface area contributed by atoms with E-state index >= 15 is 0 Å². The number of thioether (sulfide) groups is 1. The molecule has 1 saturated heterocycles. The number of benzene rings is 1. The topological polar surface area (TPSA) is 37.4 Å². The van der Waals surface area contributed by atoms with Gasteiger partial charge in [-0.2, -0.15) is 0 Å². The molecule has 1 aliphatic rings. The first-order valence-electron chi connectivity index (χ1n) is 6.15. The van der Waals surface area contributed by atoms with Crippen molar-refractivity contribution < 1.29 is 8.42 Å². The van der Waals surface area contributed by atoms with Crippen molar-refractivity contribution in [3.8, 4) is 0 Å². The fourth-order valence-corrected chi connectivity index (χ4v) is 3.74. The van der Waals surface area contributed by atoms with Gasteiger partial charge in [-0.25, -0.2) is 8.42 Å². The van der Waals surface area contributed by atoms with Crippen LogP contribution < -0.4 is 0 Å². The van der Waals surface area contributed by atoms with Crippen LogP contribution in [0.4, 0.5) is 0 Å². The largest absolute Gasteiger partial charge is 0.301 e. The van der Waals surface area contributed by atoms with Gasteiger partial charge in [0.2, 0.25) is 0 Å². The summed E-state index contributed by atoms with van der Waals surface area (Å²) in [7, 11) is -2.75. The predicted molar refractivity (Wildman–Crippen MR) is 77.0 cm³/mol. The quantitative estimate of drug-likeness (QED) is 0.789. The molecule has 0 saturated carbocycles. The molecule has 0 bridgehead atoms. The van der Waals surface area contributed by atoms with Gasteiger partial charge in [0.1, 0.15) is 0 Å². The number of sulfone groups is 1. The standard InChI is InChI=1S/C13H19NO2S2/c1-17-13-4-2-12(3-5-13)6-7-14-8-10-18(15,16)11-9-14/h2-5H,6-11H2,1H3. The predicted octanol–water partition coefficient (Wildman–Crippen LogP) is 1.68. The molecule has 100 valence electrons. The number of nitrogens with zero attached hydrogens (tertiary/aromatic N) is 1. The summed E-state index contributed by atoms with van der Waals surface area (Å²) in [6, 6.07) is 8.60. The molecular formula is C13H19NO2S2. The van der Waals surface area contributed by atoms with Crippen molar-refractivity contribution in [3.05, 3.63) is 29.8 Å². The van der Waals surface area contributed by atoms with E-state index in [0.717, 1.165) is 13.0 Å². The smallest absolute Gasteiger partial charge is 0.152 e. The van der Waals surface area contributed by atoms with Gasteiger partial charge in [-0.05, 0) is 30.4 Å². The maximum Gasteiger partial charge on any atom is 0.152 e. The van der Waals surface area contributed by atoms with Crippen LogP contribution in [0.15, 0.2) is 29.2 Å². The maximum absolute atomic E-state index is 11.3. The molecule has 1 heterocycles. The van der Waals surface area contributed by atoms with E-state index < -0.39 is 9.84 Å². The van der Waals surface area contributed by atoms with Crippen molar-refractivity contribution >= 4 is 21.6 Å². The molecule has 1 fully saturated rings. The van der Waals surface area contributed by atoms with Crippen molar-refractivity contribution in [2.45, 2.75) is 11.3 Å². The molecule has 5 heteroatoms. The lowest BCUT2D eigenvalue weighted by molar-refractivity contribution is 0.299. The molecule has 0 aromatic heterocycles. The zero-order valence-electron chi connectivity index (χ0n) is 10.6. The molecule has 1 aromatic rings. The first kappa shape index (κ1) is 13.9. The number of hydrogen-bond donors (Lipinski definition) is 0. The summed E-state index contributed by atoms with van der Waals surface area (Å²) < 4.78 is 22.6. The minimum atomic E-state index is -2.75. The van der Waals surface area contributed by atoms with Crippen LogP contribution >= 0.6 is 11.8 Å². The lowest BCUT2D eigenvalue weighted by atomic mass is 10.1. The molecule has 3 nitrogen and oxygen atoms in total. The second-order valence-corrected chi connectivity index (χ2v) is 7.77. The first-order chi connectivity index (χ1) is 8.59. The summed E-state index contributed by atoms with van der Waals surface area (Å²) in [6.07, 6.45) is 3.07. The summed E-state index contributed by atoms with van der Waals surface area (Å²) in [5, 5.41) is 0. The van der Waals surface area contributed by atoms with Crippen LogP contribution in [0.25, 0.3) is 0 Å². The van der Waals surface area contributed by atoms with E-state index in [1.807, 2.05) is 0 Å². The molecule has 1 aliphatic heterocycles. The lowest BCUT2D eigenvalue weighted by Crippen LogP contribution is -2.41. The third kappa shape index (κ3) is 4.00. The summed E-state index contributed by atoms with van der Waals surface area (Å²) in [6.45, 7) is 2.32. The molecule has 18 heavy (non-hydrogen) atoms. The van der Waals surface area contributed by atoms with Gasteiger partial charge in [0.25, 0.3) is 0 Å². The highest BCUT2D eigenvalue weighted by atomic mass is 32.2. The summed E-state index contributed by atoms with van der Waals surface area (Å²) in [4.78, 5) is 3.52. The summed E-state index contributed by atoms with van der Waals surface area (Å²) >= 11 is 1.75. The van der Waals surface area contributed by atoms with Gasteiger partial charge >= 0.3 is 0 Å². The van der Waals surface area contributed by atoms with Crippen LogP contribution in [0.2, 0.25) is 0 Å². The zero-order valence-corrected chi connectivity index (χ0v) is 12.3. The Morgan fingerprint density at radius 1 is 1.17 bits per heavy atom. The Labute approximate surface area is 113 Å². The molecule has 0 atom stereocenters. The fraction of sp³-hybridized carbons (Fsp3) is 0.538. The Hall–Kier alpha value is -0.520. The van der Waals surface area contributed by atoms with Gasteiger partial charge in [0.15, 0.2) is 9.84 Å². The molecule has 0 spiro atoms. The monoisotopic (exact) mass is 285 g/mol. The van der Waals surface area contributed by atoms with E-state index in [0.29, 0.717) is 24.6 Å². The van der Waals surface area contributed by atoms with Crippen LogP contribution in [0.5, 0.6) is 0 Å². The average molecular weight is 285 g/mol. The maximum atomic E-state index is 11.3. The highest BCUT2D eigenvalue weighted by Crippen LogP contribution is 2.15. The molecular weight excluding hydrogens is 266 g/mol. The van der Waals surface area contributed by atoms with Crippen LogP contribution in [0, 0.1) is 0 Å². The first-order valence-corrected chi connectivity index (χ1v) is 9.19. The van der Waals surface area contributed by atoms with Crippen LogP contribution in [0.3, 0.4) is 0 Å². The Kier molecular flexibility index (Phi) is 4.70. The van der Waals surface area contributed by atoms with Gasteiger partial charge in [0, 0.05) is 24.5 Å². The van der Waals surface area contributed by atoms with Crippen molar-refractivity contribution in [1.29, 1.82) is 0 Å². The third-order valence-electron chi connectivity index (χ3n) is 3.31. The van der Waals surface area contributed by atoms with Crippen LogP contribution in [-0.4, -0.2) is 50.7 Å². The molecule has 0 aliphatic carbocycles. The number of rotatable bonds is 4. The van der Waals surface area contributed by atoms with E-state index in [9.17, 15) is 8.42 Å². The van der Waals surface area contributed by atoms with Crippen molar-refractivity contribution in [2.24, 2.45) is 0 Å². The van der Waals surface area contributed by atoms with Crippen molar-refractivity contribution in [2.75, 3.05) is 37.4 Å². The van der Waals surface area contributed by atoms with E-state index in [1.54, 1.807) is 11.8 Å². The Balaban J connectivity index is 1.81. The molecule has 0 radical (unpaired) electrons. The van der Waals surface area contributed by atoms with Gasteiger partial charge in [0.05, 0.1) is 11.5 Å². The van der Waals surface area contributed by atoms with Crippen LogP contribution in [0.1, 0.15) is 5.56 Å². The van der Waals surface area contributed by atoms with E-state index in [4.69, 9.17) is 0 Å². The zero-order chi connectivity index (χ0) is 13.0. The molecule has 0 unspecified atom stereocenters. The van der Waals surface area contributed by atoms with Crippen LogP contribution in [-0.2, 0) is 16.3 Å². The minimum Gasteiger partial charge on any atom is -0.301 e. The number of hydrogen-bond acceptors (Lipinski definition) is 4. The van der Waals surface area contributed by atoms with Gasteiger partial charge in [-0.3, -0.25) is 0 Å². The lowest BCUT2D eigenvalue weighted by Gasteiger charge is -2.26. The normalized spacial score (nSPS) is 19.8. The van der Waals surface area contributed by atoms with E-state index in [-0.39, 0.29) is 0 Å². The molecule has 0 amide bonds. The summed E-state index contributed by atoms with van der Waals surface area (Å²) in [5.41, 5.74) is 1.32. The second kappa shape index (κ2) is 6.08. The highest BCUT2D eigenvalue weighted by molar-refractivity contribution is 7.98. The second-order valence-electron chi connectivity index (χ2n) is 4.59. The Morgan fingerprint density at radius 2 is 1.78 bits per heavy atom. The van der Waals surface area contributed by atoms with E-state index in [1.165, 1.54) is 10.5 Å². The summed E-state index contributed by atoms with van der Waals surface area (Å²) in [5.74, 6) is 0.636. The third-order valence-corrected chi connectivity index (χ3v) is 5.67. The van der Waals surface area contributed by atoms with Crippen molar-refractivity contribution in [3.63, 3.8) is 0 Å². The molecule has 1 aromatic carbocycles. The molecule has 0 N–H and O–H groups in total.